The average molecular weight is 302 g/mol. The van der Waals surface area contributed by atoms with Crippen LogP contribution in [0.2, 0.25) is 0 Å². The molecule has 1 amide bonds. The first-order valence-electron chi connectivity index (χ1n) is 5.25. The molecule has 0 fully saturated rings. The van der Waals surface area contributed by atoms with Crippen molar-refractivity contribution in [1.29, 1.82) is 0 Å². The van der Waals surface area contributed by atoms with Gasteiger partial charge in [-0.1, -0.05) is 0 Å². The molecule has 1 aromatic rings. The van der Waals surface area contributed by atoms with Gasteiger partial charge in [-0.15, -0.1) is 0 Å². The van der Waals surface area contributed by atoms with Gasteiger partial charge in [-0.05, 0) is 54.9 Å². The molecule has 5 heteroatoms. The Morgan fingerprint density at radius 3 is 2.71 bits per heavy atom. The lowest BCUT2D eigenvalue weighted by Crippen LogP contribution is -2.50. The van der Waals surface area contributed by atoms with Crippen molar-refractivity contribution < 1.29 is 14.3 Å². The second kappa shape index (κ2) is 5.51. The van der Waals surface area contributed by atoms with Crippen LogP contribution < -0.4 is 5.32 Å². The normalized spacial score (nSPS) is 13.9. The van der Waals surface area contributed by atoms with Gasteiger partial charge in [0.1, 0.15) is 5.76 Å². The first-order valence-corrected chi connectivity index (χ1v) is 6.04. The molecule has 0 aliphatic carbocycles. The summed E-state index contributed by atoms with van der Waals surface area (Å²) in [5, 5.41) is 12.2. The fourth-order valence-corrected chi connectivity index (χ4v) is 1.36. The van der Waals surface area contributed by atoms with Crippen molar-refractivity contribution in [2.45, 2.75) is 32.4 Å². The molecule has 1 heterocycles. The molecule has 0 radical (unpaired) electrons. The van der Waals surface area contributed by atoms with Crippen molar-refractivity contribution in [1.82, 2.24) is 5.32 Å². The number of amides is 1. The Balaban J connectivity index is 2.58. The standard InChI is InChI=1S/C12H16BrNO3/c1-8(15)12(2,3)14-11(16)7-5-9-4-6-10(13)17-9/h4-8,15H,1-3H3,(H,14,16)/b7-5+. The van der Waals surface area contributed by atoms with E-state index in [0.717, 1.165) is 0 Å². The Hall–Kier alpha value is -1.07. The second-order valence-electron chi connectivity index (χ2n) is 4.36. The van der Waals surface area contributed by atoms with E-state index in [1.54, 1.807) is 39.0 Å². The van der Waals surface area contributed by atoms with Gasteiger partial charge in [-0.2, -0.15) is 0 Å². The molecule has 17 heavy (non-hydrogen) atoms. The second-order valence-corrected chi connectivity index (χ2v) is 5.14. The summed E-state index contributed by atoms with van der Waals surface area (Å²) < 4.78 is 5.82. The number of nitrogens with one attached hydrogen (secondary N) is 1. The van der Waals surface area contributed by atoms with Gasteiger partial charge in [-0.3, -0.25) is 4.79 Å². The average Bonchev–Trinajstić information content (AvgIpc) is 2.60. The maximum Gasteiger partial charge on any atom is 0.244 e. The highest BCUT2D eigenvalue weighted by Gasteiger charge is 2.24. The molecule has 0 aliphatic heterocycles. The first kappa shape index (κ1) is 14.0. The minimum atomic E-state index is -0.662. The lowest BCUT2D eigenvalue weighted by Gasteiger charge is -2.28. The van der Waals surface area contributed by atoms with E-state index in [0.29, 0.717) is 10.4 Å². The van der Waals surface area contributed by atoms with Gasteiger partial charge in [0.2, 0.25) is 5.91 Å². The van der Waals surface area contributed by atoms with Crippen molar-refractivity contribution >= 4 is 27.9 Å². The zero-order valence-corrected chi connectivity index (χ0v) is 11.6. The van der Waals surface area contributed by atoms with E-state index in [1.165, 1.54) is 6.08 Å². The van der Waals surface area contributed by atoms with Crippen LogP contribution in [-0.2, 0) is 4.79 Å². The lowest BCUT2D eigenvalue weighted by molar-refractivity contribution is -0.119. The molecular weight excluding hydrogens is 286 g/mol. The number of carbonyl (C=O) groups excluding carboxylic acids is 1. The number of halogens is 1. The third-order valence-electron chi connectivity index (χ3n) is 2.48. The molecule has 1 aromatic heterocycles. The number of aliphatic hydroxyl groups is 1. The molecular formula is C12H16BrNO3. The summed E-state index contributed by atoms with van der Waals surface area (Å²) in [5.41, 5.74) is -0.662. The van der Waals surface area contributed by atoms with Crippen LogP contribution in [0.5, 0.6) is 0 Å². The number of hydrogen-bond donors (Lipinski definition) is 2. The van der Waals surface area contributed by atoms with Crippen LogP contribution in [0, 0.1) is 0 Å². The fourth-order valence-electron chi connectivity index (χ4n) is 1.04. The Morgan fingerprint density at radius 1 is 1.59 bits per heavy atom. The van der Waals surface area contributed by atoms with Crippen LogP contribution >= 0.6 is 15.9 Å². The maximum absolute atomic E-state index is 11.6. The summed E-state index contributed by atoms with van der Waals surface area (Å²) in [6, 6.07) is 3.49. The molecule has 2 N–H and O–H groups in total. The third kappa shape index (κ3) is 4.36. The molecule has 1 rings (SSSR count). The molecule has 0 saturated carbocycles. The smallest absolute Gasteiger partial charge is 0.244 e. The molecule has 0 spiro atoms. The van der Waals surface area contributed by atoms with Gasteiger partial charge in [0.15, 0.2) is 4.67 Å². The molecule has 1 unspecified atom stereocenters. The Morgan fingerprint density at radius 2 is 2.24 bits per heavy atom. The molecule has 0 aliphatic rings. The fraction of sp³-hybridized carbons (Fsp3) is 0.417. The van der Waals surface area contributed by atoms with E-state index in [2.05, 4.69) is 21.2 Å². The quantitative estimate of drug-likeness (QED) is 0.839. The van der Waals surface area contributed by atoms with Gasteiger partial charge < -0.3 is 14.8 Å². The number of aliphatic hydroxyl groups excluding tert-OH is 1. The van der Waals surface area contributed by atoms with E-state index in [4.69, 9.17) is 4.42 Å². The maximum atomic E-state index is 11.6. The Bertz CT molecular complexity index is 421. The van der Waals surface area contributed by atoms with Crippen molar-refractivity contribution in [2.24, 2.45) is 0 Å². The molecule has 1 atom stereocenters. The molecule has 0 saturated heterocycles. The van der Waals surface area contributed by atoms with Gasteiger partial charge in [0.25, 0.3) is 0 Å². The minimum absolute atomic E-state index is 0.275. The largest absolute Gasteiger partial charge is 0.450 e. The summed E-state index contributed by atoms with van der Waals surface area (Å²) in [6.07, 6.45) is 2.31. The Kier molecular flexibility index (Phi) is 4.54. The van der Waals surface area contributed by atoms with Gasteiger partial charge in [0.05, 0.1) is 11.6 Å². The molecule has 0 bridgehead atoms. The third-order valence-corrected chi connectivity index (χ3v) is 2.91. The van der Waals surface area contributed by atoms with Crippen LogP contribution in [0.3, 0.4) is 0 Å². The number of furan rings is 1. The summed E-state index contributed by atoms with van der Waals surface area (Å²) in [6.45, 7) is 5.15. The van der Waals surface area contributed by atoms with Gasteiger partial charge >= 0.3 is 0 Å². The Labute approximate surface area is 109 Å². The van der Waals surface area contributed by atoms with E-state index in [-0.39, 0.29) is 5.91 Å². The molecule has 0 aromatic carbocycles. The zero-order chi connectivity index (χ0) is 13.1. The highest BCUT2D eigenvalue weighted by atomic mass is 79.9. The van der Waals surface area contributed by atoms with Crippen molar-refractivity contribution in [3.63, 3.8) is 0 Å². The van der Waals surface area contributed by atoms with E-state index in [1.807, 2.05) is 0 Å². The van der Waals surface area contributed by atoms with Crippen molar-refractivity contribution in [3.05, 3.63) is 28.6 Å². The molecule has 94 valence electrons. The van der Waals surface area contributed by atoms with Crippen molar-refractivity contribution in [2.75, 3.05) is 0 Å². The SMILES string of the molecule is CC(O)C(C)(C)NC(=O)/C=C/c1ccc(Br)o1. The summed E-state index contributed by atoms with van der Waals surface area (Å²) in [5.74, 6) is 0.310. The first-order chi connectivity index (χ1) is 7.81. The minimum Gasteiger partial charge on any atom is -0.450 e. The highest BCUT2D eigenvalue weighted by molar-refractivity contribution is 9.10. The van der Waals surface area contributed by atoms with Gasteiger partial charge in [-0.25, -0.2) is 0 Å². The highest BCUT2D eigenvalue weighted by Crippen LogP contribution is 2.15. The number of carbonyl (C=O) groups is 1. The lowest BCUT2D eigenvalue weighted by atomic mass is 9.99. The van der Waals surface area contributed by atoms with Crippen LogP contribution in [0.25, 0.3) is 6.08 Å². The summed E-state index contributed by atoms with van der Waals surface area (Å²) >= 11 is 3.17. The predicted octanol–water partition coefficient (Wildman–Crippen LogP) is 2.33. The number of hydrogen-bond acceptors (Lipinski definition) is 3. The monoisotopic (exact) mass is 301 g/mol. The summed E-state index contributed by atoms with van der Waals surface area (Å²) in [7, 11) is 0. The predicted molar refractivity (Wildman–Crippen MR) is 69.3 cm³/mol. The summed E-state index contributed by atoms with van der Waals surface area (Å²) in [4.78, 5) is 11.6. The topological polar surface area (TPSA) is 62.5 Å². The van der Waals surface area contributed by atoms with Crippen LogP contribution in [0.15, 0.2) is 27.3 Å². The van der Waals surface area contributed by atoms with E-state index >= 15 is 0 Å². The number of rotatable bonds is 4. The van der Waals surface area contributed by atoms with E-state index in [9.17, 15) is 9.90 Å². The van der Waals surface area contributed by atoms with Crippen LogP contribution in [0.1, 0.15) is 26.5 Å². The molecule has 4 nitrogen and oxygen atoms in total. The van der Waals surface area contributed by atoms with Crippen molar-refractivity contribution in [3.8, 4) is 0 Å². The van der Waals surface area contributed by atoms with Crippen LogP contribution in [-0.4, -0.2) is 22.7 Å². The van der Waals surface area contributed by atoms with Crippen LogP contribution in [0.4, 0.5) is 0 Å². The van der Waals surface area contributed by atoms with E-state index < -0.39 is 11.6 Å². The van der Waals surface area contributed by atoms with Gasteiger partial charge in [0, 0.05) is 6.08 Å². The zero-order valence-electron chi connectivity index (χ0n) is 10.0.